The minimum Gasteiger partial charge on any atom is -0.458 e. The molecule has 0 amide bonds. The fourth-order valence-corrected chi connectivity index (χ4v) is 9.54. The van der Waals surface area contributed by atoms with E-state index in [1.807, 2.05) is 36.4 Å². The highest BCUT2D eigenvalue weighted by Crippen LogP contribution is 2.65. The van der Waals surface area contributed by atoms with Gasteiger partial charge in [-0.15, -0.1) is 0 Å². The van der Waals surface area contributed by atoms with Gasteiger partial charge in [-0.25, -0.2) is 4.79 Å². The Kier molecular flexibility index (Phi) is 6.67. The molecule has 4 nitrogen and oxygen atoms in total. The van der Waals surface area contributed by atoms with Gasteiger partial charge in [0.1, 0.15) is 6.10 Å². The molecule has 4 aliphatic carbocycles. The molecular weight excluding hydrogens is 476 g/mol. The Labute approximate surface area is 224 Å². The highest BCUT2D eigenvalue weighted by atomic mass is 28.4. The molecule has 202 valence electrons. The van der Waals surface area contributed by atoms with Crippen molar-refractivity contribution in [1.82, 2.24) is 0 Å². The van der Waals surface area contributed by atoms with E-state index >= 15 is 0 Å². The van der Waals surface area contributed by atoms with Crippen LogP contribution in [0, 0.1) is 28.6 Å². The van der Waals surface area contributed by atoms with E-state index in [2.05, 4.69) is 47.7 Å². The molecule has 0 radical (unpaired) electrons. The molecule has 0 bridgehead atoms. The molecule has 5 rings (SSSR count). The number of esters is 1. The summed E-state index contributed by atoms with van der Waals surface area (Å²) in [5, 5.41) is 0.117. The molecule has 0 heterocycles. The standard InChI is InChI=1S/C32H46O4Si/c1-30(2,3)37(6,7)36-26-17-16-23-27-24(33)19-22-15-11-12-18-31(22,4)28(27)25(20-32(23,26)5)35-29(34)21-13-9-8-10-14-21/h8-10,13-14,19,23,25-28H,11-12,15-18,20H2,1-7H3/t23?,25?,26-,27?,28?,31-,32-/m0/s1. The van der Waals surface area contributed by atoms with Crippen LogP contribution < -0.4 is 0 Å². The van der Waals surface area contributed by atoms with Crippen molar-refractivity contribution in [3.05, 3.63) is 47.5 Å². The fourth-order valence-electron chi connectivity index (χ4n) is 8.09. The number of hydrogen-bond donors (Lipinski definition) is 0. The molecule has 7 atom stereocenters. The first kappa shape index (κ1) is 26.9. The third-order valence-corrected chi connectivity index (χ3v) is 15.7. The molecule has 0 saturated heterocycles. The van der Waals surface area contributed by atoms with Gasteiger partial charge in [0.25, 0.3) is 0 Å². The van der Waals surface area contributed by atoms with Crippen molar-refractivity contribution < 1.29 is 18.8 Å². The summed E-state index contributed by atoms with van der Waals surface area (Å²) < 4.78 is 13.6. The van der Waals surface area contributed by atoms with Crippen LogP contribution in [0.5, 0.6) is 0 Å². The SMILES string of the molecule is CC(C)(C)[Si](C)(C)O[C@H]1CCC2C3C(=O)C=C4CCCC[C@]4(C)C3C(OC(=O)c3ccccc3)C[C@@]21C. The van der Waals surface area contributed by atoms with Crippen LogP contribution in [0.4, 0.5) is 0 Å². The van der Waals surface area contributed by atoms with Crippen LogP contribution in [0.1, 0.15) is 89.9 Å². The zero-order chi connectivity index (χ0) is 26.8. The molecule has 4 unspecified atom stereocenters. The van der Waals surface area contributed by atoms with Gasteiger partial charge in [-0.1, -0.05) is 64.8 Å². The van der Waals surface area contributed by atoms with Gasteiger partial charge in [0, 0.05) is 11.8 Å². The molecule has 0 spiro atoms. The number of ketones is 1. The zero-order valence-corrected chi connectivity index (χ0v) is 24.9. The predicted molar refractivity (Wildman–Crippen MR) is 150 cm³/mol. The largest absolute Gasteiger partial charge is 0.458 e. The minimum atomic E-state index is -2.01. The van der Waals surface area contributed by atoms with Crippen LogP contribution in [-0.2, 0) is 14.0 Å². The van der Waals surface area contributed by atoms with Gasteiger partial charge in [-0.2, -0.15) is 0 Å². The highest BCUT2D eigenvalue weighted by molar-refractivity contribution is 6.74. The average Bonchev–Trinajstić information content (AvgIpc) is 3.14. The van der Waals surface area contributed by atoms with E-state index in [1.165, 1.54) is 12.0 Å². The lowest BCUT2D eigenvalue weighted by atomic mass is 9.47. The van der Waals surface area contributed by atoms with E-state index in [4.69, 9.17) is 9.16 Å². The monoisotopic (exact) mass is 522 g/mol. The molecule has 37 heavy (non-hydrogen) atoms. The van der Waals surface area contributed by atoms with Crippen molar-refractivity contribution >= 4 is 20.1 Å². The van der Waals surface area contributed by atoms with Crippen molar-refractivity contribution in [1.29, 1.82) is 0 Å². The maximum absolute atomic E-state index is 13.9. The third kappa shape index (κ3) is 4.38. The second kappa shape index (κ2) is 9.19. The Morgan fingerprint density at radius 1 is 1.05 bits per heavy atom. The van der Waals surface area contributed by atoms with Crippen LogP contribution in [0.25, 0.3) is 0 Å². The highest BCUT2D eigenvalue weighted by Gasteiger charge is 2.65. The molecule has 3 saturated carbocycles. The lowest BCUT2D eigenvalue weighted by Gasteiger charge is -2.59. The van der Waals surface area contributed by atoms with E-state index in [0.29, 0.717) is 5.56 Å². The number of fused-ring (bicyclic) bond motifs is 5. The first-order valence-corrected chi connectivity index (χ1v) is 17.4. The number of hydrogen-bond acceptors (Lipinski definition) is 4. The second-order valence-corrected chi connectivity index (χ2v) is 19.1. The first-order chi connectivity index (χ1) is 17.3. The molecule has 3 fully saturated rings. The molecule has 5 heteroatoms. The van der Waals surface area contributed by atoms with Crippen molar-refractivity contribution in [2.24, 2.45) is 28.6 Å². The van der Waals surface area contributed by atoms with Crippen molar-refractivity contribution in [3.63, 3.8) is 0 Å². The van der Waals surface area contributed by atoms with Crippen LogP contribution >= 0.6 is 0 Å². The molecule has 1 aromatic carbocycles. The summed E-state index contributed by atoms with van der Waals surface area (Å²) >= 11 is 0. The number of ether oxygens (including phenoxy) is 1. The maximum atomic E-state index is 13.9. The number of rotatable bonds is 4. The van der Waals surface area contributed by atoms with Crippen LogP contribution in [-0.4, -0.2) is 32.3 Å². The van der Waals surface area contributed by atoms with Gasteiger partial charge in [-0.05, 0) is 91.6 Å². The quantitative estimate of drug-likeness (QED) is 0.300. The Balaban J connectivity index is 1.55. The molecule has 0 N–H and O–H groups in total. The Morgan fingerprint density at radius 3 is 2.43 bits per heavy atom. The molecule has 4 aliphatic rings. The van der Waals surface area contributed by atoms with Crippen LogP contribution in [0.15, 0.2) is 42.0 Å². The summed E-state index contributed by atoms with van der Waals surface area (Å²) in [4.78, 5) is 27.3. The summed E-state index contributed by atoms with van der Waals surface area (Å²) in [7, 11) is -2.01. The summed E-state index contributed by atoms with van der Waals surface area (Å²) in [6, 6.07) is 9.33. The second-order valence-electron chi connectivity index (χ2n) is 14.3. The molecule has 1 aromatic rings. The first-order valence-electron chi connectivity index (χ1n) is 14.5. The van der Waals surface area contributed by atoms with E-state index in [1.54, 1.807) is 0 Å². The smallest absolute Gasteiger partial charge is 0.338 e. The Hall–Kier alpha value is -1.72. The van der Waals surface area contributed by atoms with E-state index in [0.717, 1.165) is 38.5 Å². The van der Waals surface area contributed by atoms with E-state index < -0.39 is 8.32 Å². The topological polar surface area (TPSA) is 52.6 Å². The summed E-state index contributed by atoms with van der Waals surface area (Å²) in [6.07, 6.45) is 8.94. The Bertz CT molecular complexity index is 1090. The zero-order valence-electron chi connectivity index (χ0n) is 23.9. The van der Waals surface area contributed by atoms with Gasteiger partial charge >= 0.3 is 5.97 Å². The van der Waals surface area contributed by atoms with Crippen molar-refractivity contribution in [2.45, 2.75) is 110 Å². The van der Waals surface area contributed by atoms with Gasteiger partial charge in [0.05, 0.1) is 11.7 Å². The third-order valence-electron chi connectivity index (χ3n) is 11.2. The average molecular weight is 523 g/mol. The Morgan fingerprint density at radius 2 is 1.76 bits per heavy atom. The molecular formula is C32H46O4Si. The van der Waals surface area contributed by atoms with Gasteiger partial charge < -0.3 is 9.16 Å². The number of benzene rings is 1. The summed E-state index contributed by atoms with van der Waals surface area (Å²) in [6.45, 7) is 16.2. The minimum absolute atomic E-state index is 0.0395. The number of carbonyl (C=O) groups is 2. The lowest BCUT2D eigenvalue weighted by Crippen LogP contribution is -2.60. The number of carbonyl (C=O) groups excluding carboxylic acids is 2. The van der Waals surface area contributed by atoms with Crippen molar-refractivity contribution in [3.8, 4) is 0 Å². The fraction of sp³-hybridized carbons (Fsp3) is 0.688. The normalized spacial score (nSPS) is 37.8. The van der Waals surface area contributed by atoms with Gasteiger partial charge in [0.2, 0.25) is 0 Å². The maximum Gasteiger partial charge on any atom is 0.338 e. The van der Waals surface area contributed by atoms with Crippen molar-refractivity contribution in [2.75, 3.05) is 0 Å². The van der Waals surface area contributed by atoms with Gasteiger partial charge in [0.15, 0.2) is 14.1 Å². The van der Waals surface area contributed by atoms with Gasteiger partial charge in [-0.3, -0.25) is 4.79 Å². The summed E-state index contributed by atoms with van der Waals surface area (Å²) in [5.41, 5.74) is 1.60. The van der Waals surface area contributed by atoms with E-state index in [9.17, 15) is 9.59 Å². The molecule has 0 aromatic heterocycles. The predicted octanol–water partition coefficient (Wildman–Crippen LogP) is 7.74. The lowest BCUT2D eigenvalue weighted by molar-refractivity contribution is -0.155. The van der Waals surface area contributed by atoms with E-state index in [-0.39, 0.29) is 57.6 Å². The molecule has 0 aliphatic heterocycles. The van der Waals surface area contributed by atoms with Crippen LogP contribution in [0.3, 0.4) is 0 Å². The summed E-state index contributed by atoms with van der Waals surface area (Å²) in [5.74, 6) is 0.200. The number of allylic oxidation sites excluding steroid dienone is 2. The van der Waals surface area contributed by atoms with Crippen LogP contribution in [0.2, 0.25) is 18.1 Å².